The van der Waals surface area contributed by atoms with Crippen molar-refractivity contribution in [1.29, 1.82) is 0 Å². The van der Waals surface area contributed by atoms with Gasteiger partial charge in [0.15, 0.2) is 0 Å². The first-order chi connectivity index (χ1) is 7.90. The fraction of sp³-hybridized carbons (Fsp3) is 0.923. The second-order valence-corrected chi connectivity index (χ2v) is 6.95. The lowest BCUT2D eigenvalue weighted by Crippen LogP contribution is -2.36. The zero-order chi connectivity index (χ0) is 12.6. The number of hydrogen-bond acceptors (Lipinski definition) is 2. The largest absolute Gasteiger partial charge is 0.444 e. The van der Waals surface area contributed by atoms with E-state index in [9.17, 15) is 4.79 Å². The van der Waals surface area contributed by atoms with E-state index in [0.717, 1.165) is 24.3 Å². The Hall–Kier alpha value is -0.250. The van der Waals surface area contributed by atoms with E-state index in [1.165, 1.54) is 12.8 Å². The summed E-state index contributed by atoms with van der Waals surface area (Å²) in [7, 11) is 0. The van der Waals surface area contributed by atoms with Gasteiger partial charge in [0, 0.05) is 18.4 Å². The van der Waals surface area contributed by atoms with Gasteiger partial charge in [0.2, 0.25) is 0 Å². The van der Waals surface area contributed by atoms with Crippen LogP contribution in [-0.2, 0) is 4.74 Å². The van der Waals surface area contributed by atoms with Crippen LogP contribution in [0.1, 0.15) is 33.6 Å². The summed E-state index contributed by atoms with van der Waals surface area (Å²) in [4.78, 5) is 13.9. The molecule has 0 aromatic rings. The van der Waals surface area contributed by atoms with Crippen LogP contribution in [0.3, 0.4) is 0 Å². The standard InChI is InChI=1S/C13H22BrNO2/c1-13(2,3)17-12(16)15-7-10-5-4-9(6-14)11(10)8-15/h9-11H,4-8H2,1-3H3. The highest BCUT2D eigenvalue weighted by atomic mass is 79.9. The van der Waals surface area contributed by atoms with Crippen molar-refractivity contribution in [3.05, 3.63) is 0 Å². The molecule has 1 heterocycles. The Morgan fingerprint density at radius 1 is 1.35 bits per heavy atom. The Labute approximate surface area is 112 Å². The maximum atomic E-state index is 12.0. The number of likely N-dealkylation sites (tertiary alicyclic amines) is 1. The lowest BCUT2D eigenvalue weighted by molar-refractivity contribution is 0.0277. The highest BCUT2D eigenvalue weighted by molar-refractivity contribution is 9.09. The second-order valence-electron chi connectivity index (χ2n) is 6.30. The van der Waals surface area contributed by atoms with Crippen molar-refractivity contribution in [2.75, 3.05) is 18.4 Å². The van der Waals surface area contributed by atoms with Crippen molar-refractivity contribution < 1.29 is 9.53 Å². The number of hydrogen-bond donors (Lipinski definition) is 0. The Bertz CT molecular complexity index is 300. The Kier molecular flexibility index (Phi) is 3.71. The molecule has 3 nitrogen and oxygen atoms in total. The van der Waals surface area contributed by atoms with E-state index in [-0.39, 0.29) is 11.7 Å². The van der Waals surface area contributed by atoms with Crippen molar-refractivity contribution >= 4 is 22.0 Å². The summed E-state index contributed by atoms with van der Waals surface area (Å²) in [6.07, 6.45) is 2.43. The number of fused-ring (bicyclic) bond motifs is 1. The maximum absolute atomic E-state index is 12.0. The van der Waals surface area contributed by atoms with Crippen LogP contribution in [0, 0.1) is 17.8 Å². The summed E-state index contributed by atoms with van der Waals surface area (Å²) in [5.41, 5.74) is -0.385. The molecule has 2 aliphatic rings. The third kappa shape index (κ3) is 2.95. The lowest BCUT2D eigenvalue weighted by Gasteiger charge is -2.25. The molecule has 1 aliphatic carbocycles. The van der Waals surface area contributed by atoms with Gasteiger partial charge in [0.05, 0.1) is 0 Å². The molecule has 17 heavy (non-hydrogen) atoms. The highest BCUT2D eigenvalue weighted by Gasteiger charge is 2.44. The third-order valence-electron chi connectivity index (χ3n) is 3.86. The monoisotopic (exact) mass is 303 g/mol. The first-order valence-electron chi connectivity index (χ1n) is 6.44. The van der Waals surface area contributed by atoms with Crippen molar-refractivity contribution in [1.82, 2.24) is 4.90 Å². The van der Waals surface area contributed by atoms with Crippen molar-refractivity contribution in [3.63, 3.8) is 0 Å². The molecule has 2 rings (SSSR count). The summed E-state index contributed by atoms with van der Waals surface area (Å²) < 4.78 is 5.43. The minimum atomic E-state index is -0.385. The molecule has 1 amide bonds. The molecule has 0 bridgehead atoms. The summed E-state index contributed by atoms with van der Waals surface area (Å²) in [6.45, 7) is 7.54. The van der Waals surface area contributed by atoms with Gasteiger partial charge in [-0.1, -0.05) is 15.9 Å². The van der Waals surface area contributed by atoms with E-state index in [0.29, 0.717) is 11.8 Å². The predicted octanol–water partition coefficient (Wildman–Crippen LogP) is 3.27. The van der Waals surface area contributed by atoms with Crippen molar-refractivity contribution in [3.8, 4) is 0 Å². The average Bonchev–Trinajstić information content (AvgIpc) is 2.72. The molecule has 0 N–H and O–H groups in total. The van der Waals surface area contributed by atoms with E-state index >= 15 is 0 Å². The predicted molar refractivity (Wildman–Crippen MR) is 71.3 cm³/mol. The van der Waals surface area contributed by atoms with Crippen LogP contribution in [0.4, 0.5) is 4.79 Å². The number of carbonyl (C=O) groups excluding carboxylic acids is 1. The zero-order valence-electron chi connectivity index (χ0n) is 10.9. The third-order valence-corrected chi connectivity index (χ3v) is 4.69. The average molecular weight is 304 g/mol. The molecule has 4 heteroatoms. The number of ether oxygens (including phenoxy) is 1. The summed E-state index contributed by atoms with van der Waals surface area (Å²) in [5, 5.41) is 1.07. The van der Waals surface area contributed by atoms with Crippen LogP contribution in [-0.4, -0.2) is 35.0 Å². The Balaban J connectivity index is 1.92. The van der Waals surface area contributed by atoms with E-state index in [1.54, 1.807) is 0 Å². The number of amides is 1. The van der Waals surface area contributed by atoms with Crippen LogP contribution in [0.5, 0.6) is 0 Å². The number of alkyl halides is 1. The molecule has 1 saturated heterocycles. The first-order valence-corrected chi connectivity index (χ1v) is 7.57. The van der Waals surface area contributed by atoms with Gasteiger partial charge >= 0.3 is 6.09 Å². The minimum Gasteiger partial charge on any atom is -0.444 e. The van der Waals surface area contributed by atoms with Gasteiger partial charge in [-0.25, -0.2) is 4.79 Å². The fourth-order valence-corrected chi connectivity index (χ4v) is 3.85. The van der Waals surface area contributed by atoms with E-state index in [2.05, 4.69) is 15.9 Å². The summed E-state index contributed by atoms with van der Waals surface area (Å²) in [6, 6.07) is 0. The molecule has 1 aliphatic heterocycles. The van der Waals surface area contributed by atoms with Crippen LogP contribution in [0.15, 0.2) is 0 Å². The molecular weight excluding hydrogens is 282 g/mol. The summed E-state index contributed by atoms with van der Waals surface area (Å²) >= 11 is 3.58. The van der Waals surface area contributed by atoms with Gasteiger partial charge in [0.25, 0.3) is 0 Å². The summed E-state index contributed by atoms with van der Waals surface area (Å²) in [5.74, 6) is 2.12. The van der Waals surface area contributed by atoms with Gasteiger partial charge in [-0.15, -0.1) is 0 Å². The SMILES string of the molecule is CC(C)(C)OC(=O)N1CC2CCC(CBr)C2C1. The minimum absolute atomic E-state index is 0.139. The maximum Gasteiger partial charge on any atom is 0.410 e. The van der Waals surface area contributed by atoms with Crippen LogP contribution in [0.2, 0.25) is 0 Å². The fourth-order valence-electron chi connectivity index (χ4n) is 3.05. The first kappa shape index (κ1) is 13.2. The number of nitrogens with zero attached hydrogens (tertiary/aromatic N) is 1. The van der Waals surface area contributed by atoms with Gasteiger partial charge in [0.1, 0.15) is 5.60 Å². The highest BCUT2D eigenvalue weighted by Crippen LogP contribution is 2.43. The van der Waals surface area contributed by atoms with Gasteiger partial charge in [-0.2, -0.15) is 0 Å². The normalized spacial score (nSPS) is 32.7. The van der Waals surface area contributed by atoms with Crippen molar-refractivity contribution in [2.45, 2.75) is 39.2 Å². The van der Waals surface area contributed by atoms with Crippen LogP contribution in [0.25, 0.3) is 0 Å². The molecule has 3 unspecified atom stereocenters. The molecule has 1 saturated carbocycles. The van der Waals surface area contributed by atoms with E-state index in [1.807, 2.05) is 25.7 Å². The molecule has 0 spiro atoms. The Morgan fingerprint density at radius 2 is 2.06 bits per heavy atom. The molecule has 98 valence electrons. The lowest BCUT2D eigenvalue weighted by atomic mass is 9.94. The number of carbonyl (C=O) groups is 1. The molecular formula is C13H22BrNO2. The smallest absolute Gasteiger partial charge is 0.410 e. The van der Waals surface area contributed by atoms with Crippen LogP contribution < -0.4 is 0 Å². The number of rotatable bonds is 1. The van der Waals surface area contributed by atoms with Gasteiger partial charge in [-0.3, -0.25) is 0 Å². The molecule has 0 aromatic heterocycles. The van der Waals surface area contributed by atoms with E-state index in [4.69, 9.17) is 4.74 Å². The molecule has 0 aromatic carbocycles. The van der Waals surface area contributed by atoms with E-state index < -0.39 is 0 Å². The number of halogens is 1. The van der Waals surface area contributed by atoms with Gasteiger partial charge < -0.3 is 9.64 Å². The second kappa shape index (κ2) is 4.79. The van der Waals surface area contributed by atoms with Crippen LogP contribution >= 0.6 is 15.9 Å². The Morgan fingerprint density at radius 3 is 2.65 bits per heavy atom. The topological polar surface area (TPSA) is 29.5 Å². The van der Waals surface area contributed by atoms with Gasteiger partial charge in [-0.05, 0) is 51.4 Å². The zero-order valence-corrected chi connectivity index (χ0v) is 12.5. The molecule has 2 fully saturated rings. The quantitative estimate of drug-likeness (QED) is 0.696. The molecule has 3 atom stereocenters. The molecule has 0 radical (unpaired) electrons. The van der Waals surface area contributed by atoms with Crippen molar-refractivity contribution in [2.24, 2.45) is 17.8 Å².